The second-order valence-corrected chi connectivity index (χ2v) is 13.0. The van der Waals surface area contributed by atoms with E-state index in [9.17, 15) is 15.0 Å². The van der Waals surface area contributed by atoms with Crippen LogP contribution in [0.25, 0.3) is 11.1 Å². The van der Waals surface area contributed by atoms with Crippen LogP contribution in [0.5, 0.6) is 11.5 Å². The number of aliphatic hydroxyl groups is 1. The standard InChI is InChI=1S/C37H46N2O5/c1-37(2,3)44-36(42)39-20-19-30-24-38(25-31(30)26-39)21-23-43-33-17-13-29(14-18-33)35(28-11-15-32(41)16-12-28)34(10-7-22-40)27-8-5-4-6-9-27/h4-6,8-9,11-18,30-31,40-41H,7,10,19-26H2,1-3H3/b35-34-/t30-,31-/m0/s1. The molecular formula is C37H46N2O5. The van der Waals surface area contributed by atoms with Crippen molar-refractivity contribution in [3.05, 3.63) is 95.6 Å². The Morgan fingerprint density at radius 2 is 1.52 bits per heavy atom. The molecule has 0 radical (unpaired) electrons. The van der Waals surface area contributed by atoms with Gasteiger partial charge in [0, 0.05) is 39.3 Å². The highest BCUT2D eigenvalue weighted by molar-refractivity contribution is 5.98. The molecule has 0 aliphatic carbocycles. The number of carbonyl (C=O) groups excluding carboxylic acids is 1. The predicted molar refractivity (Wildman–Crippen MR) is 175 cm³/mol. The van der Waals surface area contributed by atoms with Crippen LogP contribution in [0.4, 0.5) is 4.79 Å². The van der Waals surface area contributed by atoms with E-state index in [0.717, 1.165) is 79.2 Å². The summed E-state index contributed by atoms with van der Waals surface area (Å²) in [5, 5.41) is 19.6. The molecule has 5 rings (SSSR count). The van der Waals surface area contributed by atoms with Gasteiger partial charge in [-0.1, -0.05) is 54.6 Å². The lowest BCUT2D eigenvalue weighted by atomic mass is 9.87. The lowest BCUT2D eigenvalue weighted by Crippen LogP contribution is -2.45. The van der Waals surface area contributed by atoms with Gasteiger partial charge in [0.2, 0.25) is 0 Å². The first-order chi connectivity index (χ1) is 21.2. The molecule has 0 saturated carbocycles. The van der Waals surface area contributed by atoms with Gasteiger partial charge in [-0.25, -0.2) is 4.79 Å². The first-order valence-corrected chi connectivity index (χ1v) is 15.8. The summed E-state index contributed by atoms with van der Waals surface area (Å²) in [6, 6.07) is 25.8. The molecule has 7 heteroatoms. The number of carbonyl (C=O) groups is 1. The van der Waals surface area contributed by atoms with Gasteiger partial charge in [-0.2, -0.15) is 0 Å². The molecule has 2 heterocycles. The summed E-state index contributed by atoms with van der Waals surface area (Å²) in [7, 11) is 0. The van der Waals surface area contributed by atoms with Gasteiger partial charge in [0.1, 0.15) is 23.7 Å². The fourth-order valence-electron chi connectivity index (χ4n) is 6.40. The van der Waals surface area contributed by atoms with Crippen LogP contribution < -0.4 is 4.74 Å². The summed E-state index contributed by atoms with van der Waals surface area (Å²) < 4.78 is 11.8. The van der Waals surface area contributed by atoms with Gasteiger partial charge in [-0.05, 0) is 104 Å². The summed E-state index contributed by atoms with van der Waals surface area (Å²) in [5.74, 6) is 2.14. The third kappa shape index (κ3) is 8.21. The number of ether oxygens (including phenoxy) is 2. The lowest BCUT2D eigenvalue weighted by molar-refractivity contribution is 0.0139. The summed E-state index contributed by atoms with van der Waals surface area (Å²) in [4.78, 5) is 16.9. The van der Waals surface area contributed by atoms with Crippen molar-refractivity contribution in [3.8, 4) is 11.5 Å². The van der Waals surface area contributed by atoms with Crippen LogP contribution in [-0.4, -0.2) is 77.6 Å². The van der Waals surface area contributed by atoms with E-state index in [-0.39, 0.29) is 18.4 Å². The molecule has 234 valence electrons. The highest BCUT2D eigenvalue weighted by atomic mass is 16.6. The monoisotopic (exact) mass is 598 g/mol. The zero-order chi connectivity index (χ0) is 31.1. The largest absolute Gasteiger partial charge is 0.508 e. The average Bonchev–Trinajstić information content (AvgIpc) is 3.42. The third-order valence-electron chi connectivity index (χ3n) is 8.51. The molecule has 0 spiro atoms. The number of hydrogen-bond acceptors (Lipinski definition) is 6. The number of phenols is 1. The Balaban J connectivity index is 1.23. The van der Waals surface area contributed by atoms with Gasteiger partial charge in [0.15, 0.2) is 0 Å². The topological polar surface area (TPSA) is 82.5 Å². The minimum atomic E-state index is -0.474. The molecule has 44 heavy (non-hydrogen) atoms. The maximum absolute atomic E-state index is 12.6. The summed E-state index contributed by atoms with van der Waals surface area (Å²) in [6.07, 6.45) is 2.20. The van der Waals surface area contributed by atoms with Crippen molar-refractivity contribution in [2.45, 2.75) is 45.6 Å². The second kappa shape index (κ2) is 14.3. The summed E-state index contributed by atoms with van der Waals surface area (Å²) in [6.45, 7) is 10.8. The molecule has 2 fully saturated rings. The second-order valence-electron chi connectivity index (χ2n) is 13.0. The van der Waals surface area contributed by atoms with Crippen LogP contribution in [0.15, 0.2) is 78.9 Å². The lowest BCUT2D eigenvalue weighted by Gasteiger charge is -2.35. The van der Waals surface area contributed by atoms with Crippen LogP contribution in [0.3, 0.4) is 0 Å². The fourth-order valence-corrected chi connectivity index (χ4v) is 6.40. The molecule has 2 aliphatic rings. The van der Waals surface area contributed by atoms with Crippen LogP contribution >= 0.6 is 0 Å². The molecule has 2 aliphatic heterocycles. The van der Waals surface area contributed by atoms with Gasteiger partial charge in [0.05, 0.1) is 0 Å². The summed E-state index contributed by atoms with van der Waals surface area (Å²) >= 11 is 0. The quantitative estimate of drug-likeness (QED) is 0.253. The average molecular weight is 599 g/mol. The number of fused-ring (bicyclic) bond motifs is 1. The van der Waals surface area contributed by atoms with E-state index in [4.69, 9.17) is 9.47 Å². The van der Waals surface area contributed by atoms with Gasteiger partial charge in [-0.15, -0.1) is 0 Å². The number of phenolic OH excluding ortho intramolecular Hbond substituents is 1. The number of aliphatic hydroxyl groups excluding tert-OH is 1. The van der Waals surface area contributed by atoms with Crippen molar-refractivity contribution in [3.63, 3.8) is 0 Å². The van der Waals surface area contributed by atoms with Gasteiger partial charge < -0.3 is 24.6 Å². The molecule has 0 aromatic heterocycles. The number of nitrogens with zero attached hydrogens (tertiary/aromatic N) is 2. The third-order valence-corrected chi connectivity index (χ3v) is 8.51. The zero-order valence-corrected chi connectivity index (χ0v) is 26.2. The van der Waals surface area contributed by atoms with Crippen LogP contribution in [0, 0.1) is 11.8 Å². The van der Waals surface area contributed by atoms with E-state index in [1.807, 2.05) is 68.1 Å². The van der Waals surface area contributed by atoms with E-state index < -0.39 is 5.60 Å². The molecule has 0 bridgehead atoms. The minimum Gasteiger partial charge on any atom is -0.508 e. The van der Waals surface area contributed by atoms with Crippen molar-refractivity contribution < 1.29 is 24.5 Å². The Hall–Kier alpha value is -3.81. The fraction of sp³-hybridized carbons (Fsp3) is 0.432. The molecule has 0 unspecified atom stereocenters. The zero-order valence-electron chi connectivity index (χ0n) is 26.2. The number of amides is 1. The SMILES string of the molecule is CC(C)(C)OC(=O)N1CC[C@H]2CN(CCOc3ccc(/C(=C(/CCCO)c4ccccc4)c4ccc(O)cc4)cc3)C[C@H]2C1. The molecule has 1 amide bonds. The molecule has 2 N–H and O–H groups in total. The summed E-state index contributed by atoms with van der Waals surface area (Å²) in [5.41, 5.74) is 4.94. The number of hydrogen-bond donors (Lipinski definition) is 2. The van der Waals surface area contributed by atoms with Gasteiger partial charge in [0.25, 0.3) is 0 Å². The van der Waals surface area contributed by atoms with Crippen LogP contribution in [-0.2, 0) is 4.74 Å². The Morgan fingerprint density at radius 3 is 2.18 bits per heavy atom. The van der Waals surface area contributed by atoms with Gasteiger partial charge >= 0.3 is 6.09 Å². The Labute approximate surface area is 261 Å². The minimum absolute atomic E-state index is 0.118. The van der Waals surface area contributed by atoms with Gasteiger partial charge in [-0.3, -0.25) is 4.90 Å². The normalized spacial score (nSPS) is 19.3. The van der Waals surface area contributed by atoms with E-state index >= 15 is 0 Å². The maximum Gasteiger partial charge on any atom is 0.410 e. The highest BCUT2D eigenvalue weighted by Crippen LogP contribution is 2.36. The maximum atomic E-state index is 12.6. The first-order valence-electron chi connectivity index (χ1n) is 15.8. The predicted octanol–water partition coefficient (Wildman–Crippen LogP) is 6.69. The number of aromatic hydroxyl groups is 1. The van der Waals surface area contributed by atoms with Crippen molar-refractivity contribution in [1.82, 2.24) is 9.80 Å². The molecule has 2 atom stereocenters. The molecule has 7 nitrogen and oxygen atoms in total. The van der Waals surface area contributed by atoms with Crippen LogP contribution in [0.2, 0.25) is 0 Å². The smallest absolute Gasteiger partial charge is 0.410 e. The first kappa shape index (κ1) is 31.6. The van der Waals surface area contributed by atoms with Crippen molar-refractivity contribution >= 4 is 17.2 Å². The Bertz CT molecular complexity index is 1400. The highest BCUT2D eigenvalue weighted by Gasteiger charge is 2.39. The Morgan fingerprint density at radius 1 is 0.864 bits per heavy atom. The molecule has 3 aromatic carbocycles. The molecule has 3 aromatic rings. The van der Waals surface area contributed by atoms with Crippen molar-refractivity contribution in [2.75, 3.05) is 45.9 Å². The van der Waals surface area contributed by atoms with Crippen molar-refractivity contribution in [1.29, 1.82) is 0 Å². The van der Waals surface area contributed by atoms with E-state index in [1.54, 1.807) is 12.1 Å². The molecular weight excluding hydrogens is 552 g/mol. The Kier molecular flexibility index (Phi) is 10.3. The number of piperidine rings is 1. The van der Waals surface area contributed by atoms with Crippen molar-refractivity contribution in [2.24, 2.45) is 11.8 Å². The molecule has 2 saturated heterocycles. The number of allylic oxidation sites excluding steroid dienone is 1. The number of rotatable bonds is 10. The number of likely N-dealkylation sites (tertiary alicyclic amines) is 2. The van der Waals surface area contributed by atoms with E-state index in [1.165, 1.54) is 0 Å². The van der Waals surface area contributed by atoms with Crippen LogP contribution in [0.1, 0.15) is 56.7 Å². The van der Waals surface area contributed by atoms with E-state index in [2.05, 4.69) is 29.2 Å². The van der Waals surface area contributed by atoms with E-state index in [0.29, 0.717) is 24.9 Å². The number of benzene rings is 3.